The molecule has 0 radical (unpaired) electrons. The largest absolute Gasteiger partial charge is 0.276 e. The van der Waals surface area contributed by atoms with Gasteiger partial charge in [-0.1, -0.05) is 31.2 Å². The van der Waals surface area contributed by atoms with Crippen molar-refractivity contribution in [3.63, 3.8) is 0 Å². The fourth-order valence-corrected chi connectivity index (χ4v) is 3.30. The molecule has 1 aliphatic rings. The number of rotatable bonds is 2. The molecule has 0 aliphatic carbocycles. The van der Waals surface area contributed by atoms with Gasteiger partial charge in [-0.25, -0.2) is 8.42 Å². The van der Waals surface area contributed by atoms with Crippen LogP contribution in [0.15, 0.2) is 29.4 Å². The topological polar surface area (TPSA) is 64.8 Å². The maximum absolute atomic E-state index is 11.8. The molecule has 0 amide bonds. The first-order valence-corrected chi connectivity index (χ1v) is 8.33. The van der Waals surface area contributed by atoms with Gasteiger partial charge in [-0.15, -0.1) is 10.2 Å². The highest BCUT2D eigenvalue weighted by Crippen LogP contribution is 2.33. The molecule has 1 unspecified atom stereocenters. The van der Waals surface area contributed by atoms with E-state index in [4.69, 9.17) is 0 Å². The van der Waals surface area contributed by atoms with E-state index in [0.717, 1.165) is 23.8 Å². The number of aromatic nitrogens is 3. The molecule has 1 atom stereocenters. The van der Waals surface area contributed by atoms with Gasteiger partial charge in [0.15, 0.2) is 0 Å². The van der Waals surface area contributed by atoms with E-state index in [0.29, 0.717) is 5.82 Å². The van der Waals surface area contributed by atoms with Gasteiger partial charge in [0.1, 0.15) is 5.82 Å². The van der Waals surface area contributed by atoms with Crippen LogP contribution in [0.2, 0.25) is 0 Å². The van der Waals surface area contributed by atoms with Crippen molar-refractivity contribution in [3.05, 3.63) is 41.2 Å². The second-order valence-corrected chi connectivity index (χ2v) is 6.80. The summed E-state index contributed by atoms with van der Waals surface area (Å²) < 4.78 is 25.2. The Balaban J connectivity index is 2.28. The van der Waals surface area contributed by atoms with Crippen molar-refractivity contribution in [3.8, 4) is 0 Å². The number of hydrogen-bond acceptors (Lipinski definition) is 4. The summed E-state index contributed by atoms with van der Waals surface area (Å²) in [5.74, 6) is 0.721. The van der Waals surface area contributed by atoms with Gasteiger partial charge in [-0.3, -0.25) is 4.57 Å². The summed E-state index contributed by atoms with van der Waals surface area (Å²) in [6.07, 6.45) is 5.63. The fourth-order valence-electron chi connectivity index (χ4n) is 2.60. The molecule has 104 valence electrons. The number of hydrogen-bond donors (Lipinski definition) is 0. The summed E-state index contributed by atoms with van der Waals surface area (Å²) in [5.41, 5.74) is 2.24. The van der Waals surface area contributed by atoms with E-state index < -0.39 is 9.84 Å². The molecule has 0 saturated heterocycles. The maximum Gasteiger partial charge on any atom is 0.253 e. The summed E-state index contributed by atoms with van der Waals surface area (Å²) >= 11 is 0. The Labute approximate surface area is 117 Å². The van der Waals surface area contributed by atoms with Crippen LogP contribution >= 0.6 is 0 Å². The van der Waals surface area contributed by atoms with E-state index in [1.165, 1.54) is 0 Å². The SMILES string of the molecule is CCC1c2ccccc2C=Cn2c1nnc2S(C)(=O)=O. The van der Waals surface area contributed by atoms with E-state index in [1.807, 2.05) is 24.3 Å². The molecule has 1 aromatic heterocycles. The van der Waals surface area contributed by atoms with E-state index in [9.17, 15) is 8.42 Å². The average molecular weight is 289 g/mol. The molecule has 6 heteroatoms. The van der Waals surface area contributed by atoms with Crippen LogP contribution in [0.5, 0.6) is 0 Å². The summed E-state index contributed by atoms with van der Waals surface area (Å²) in [5, 5.41) is 7.97. The average Bonchev–Trinajstić information content (AvgIpc) is 2.76. The van der Waals surface area contributed by atoms with Gasteiger partial charge in [-0.2, -0.15) is 0 Å². The minimum atomic E-state index is -3.40. The van der Waals surface area contributed by atoms with Crippen LogP contribution in [0.4, 0.5) is 0 Å². The van der Waals surface area contributed by atoms with Gasteiger partial charge in [-0.05, 0) is 23.6 Å². The van der Waals surface area contributed by atoms with Crippen LogP contribution in [0.3, 0.4) is 0 Å². The molecular weight excluding hydrogens is 274 g/mol. The molecule has 2 aromatic rings. The van der Waals surface area contributed by atoms with Crippen molar-refractivity contribution in [1.82, 2.24) is 14.8 Å². The van der Waals surface area contributed by atoms with Crippen LogP contribution < -0.4 is 0 Å². The quantitative estimate of drug-likeness (QED) is 0.850. The highest BCUT2D eigenvalue weighted by atomic mass is 32.2. The first kappa shape index (κ1) is 13.1. The van der Waals surface area contributed by atoms with Crippen LogP contribution in [-0.2, 0) is 9.84 Å². The van der Waals surface area contributed by atoms with Crippen molar-refractivity contribution in [1.29, 1.82) is 0 Å². The molecule has 0 bridgehead atoms. The van der Waals surface area contributed by atoms with E-state index >= 15 is 0 Å². The third-order valence-electron chi connectivity index (χ3n) is 3.52. The van der Waals surface area contributed by atoms with Crippen LogP contribution in [0.25, 0.3) is 12.3 Å². The lowest BCUT2D eigenvalue weighted by atomic mass is 9.92. The predicted octanol–water partition coefficient (Wildman–Crippen LogP) is 2.16. The summed E-state index contributed by atoms with van der Waals surface area (Å²) in [4.78, 5) is 0. The standard InChI is InChI=1S/C14H15N3O2S/c1-3-11-12-7-5-4-6-10(12)8-9-17-13(11)15-16-14(17)20(2,18)19/h4-9,11H,3H2,1-2H3. The lowest BCUT2D eigenvalue weighted by molar-refractivity contribution is 0.589. The second kappa shape index (κ2) is 4.56. The van der Waals surface area contributed by atoms with Crippen LogP contribution in [-0.4, -0.2) is 29.4 Å². The summed E-state index contributed by atoms with van der Waals surface area (Å²) in [6.45, 7) is 2.06. The lowest BCUT2D eigenvalue weighted by Gasteiger charge is -2.14. The van der Waals surface area contributed by atoms with Crippen molar-refractivity contribution >= 4 is 22.1 Å². The number of benzene rings is 1. The highest BCUT2D eigenvalue weighted by molar-refractivity contribution is 7.90. The van der Waals surface area contributed by atoms with Crippen molar-refractivity contribution in [2.75, 3.05) is 6.26 Å². The molecule has 3 rings (SSSR count). The van der Waals surface area contributed by atoms with E-state index in [2.05, 4.69) is 23.2 Å². The molecule has 1 aliphatic heterocycles. The maximum atomic E-state index is 11.8. The first-order valence-electron chi connectivity index (χ1n) is 6.44. The molecule has 1 aromatic carbocycles. The summed E-state index contributed by atoms with van der Waals surface area (Å²) in [7, 11) is -3.40. The summed E-state index contributed by atoms with van der Waals surface area (Å²) in [6, 6.07) is 8.03. The zero-order valence-corrected chi connectivity index (χ0v) is 12.1. The molecular formula is C14H15N3O2S. The van der Waals surface area contributed by atoms with Crippen molar-refractivity contribution in [2.45, 2.75) is 24.4 Å². The van der Waals surface area contributed by atoms with Crippen molar-refractivity contribution < 1.29 is 8.42 Å². The van der Waals surface area contributed by atoms with Crippen LogP contribution in [0.1, 0.15) is 36.2 Å². The molecule has 0 saturated carbocycles. The van der Waals surface area contributed by atoms with Crippen molar-refractivity contribution in [2.24, 2.45) is 0 Å². The van der Waals surface area contributed by atoms with Crippen LogP contribution in [0, 0.1) is 0 Å². The highest BCUT2D eigenvalue weighted by Gasteiger charge is 2.27. The fraction of sp³-hybridized carbons (Fsp3) is 0.286. The Bertz CT molecular complexity index is 791. The normalized spacial score (nSPS) is 17.4. The Morgan fingerprint density at radius 3 is 2.70 bits per heavy atom. The predicted molar refractivity (Wildman–Crippen MR) is 76.9 cm³/mol. The monoisotopic (exact) mass is 289 g/mol. The van der Waals surface area contributed by atoms with Gasteiger partial charge in [0.05, 0.1) is 0 Å². The third kappa shape index (κ3) is 1.96. The van der Waals surface area contributed by atoms with Gasteiger partial charge in [0.25, 0.3) is 5.16 Å². The number of sulfone groups is 1. The van der Waals surface area contributed by atoms with Gasteiger partial charge in [0.2, 0.25) is 9.84 Å². The second-order valence-electron chi connectivity index (χ2n) is 4.89. The van der Waals surface area contributed by atoms with Gasteiger partial charge >= 0.3 is 0 Å². The van der Waals surface area contributed by atoms with E-state index in [1.54, 1.807) is 10.8 Å². The van der Waals surface area contributed by atoms with Gasteiger partial charge in [0, 0.05) is 18.4 Å². The molecule has 5 nitrogen and oxygen atoms in total. The Morgan fingerprint density at radius 2 is 2.00 bits per heavy atom. The Morgan fingerprint density at radius 1 is 1.25 bits per heavy atom. The molecule has 0 N–H and O–H groups in total. The minimum Gasteiger partial charge on any atom is -0.276 e. The molecule has 2 heterocycles. The molecule has 0 spiro atoms. The Hall–Kier alpha value is -1.95. The number of fused-ring (bicyclic) bond motifs is 2. The third-order valence-corrected chi connectivity index (χ3v) is 4.46. The minimum absolute atomic E-state index is 0.00462. The smallest absolute Gasteiger partial charge is 0.253 e. The zero-order chi connectivity index (χ0) is 14.3. The molecule has 20 heavy (non-hydrogen) atoms. The molecule has 0 fully saturated rings. The first-order chi connectivity index (χ1) is 9.52. The number of nitrogens with zero attached hydrogens (tertiary/aromatic N) is 3. The zero-order valence-electron chi connectivity index (χ0n) is 11.3. The lowest BCUT2D eigenvalue weighted by Crippen LogP contribution is -2.09. The van der Waals surface area contributed by atoms with Gasteiger partial charge < -0.3 is 0 Å². The van der Waals surface area contributed by atoms with E-state index in [-0.39, 0.29) is 11.1 Å². The Kier molecular flexibility index (Phi) is 2.97.